The van der Waals surface area contributed by atoms with Gasteiger partial charge >= 0.3 is 0 Å². The van der Waals surface area contributed by atoms with Crippen LogP contribution in [0.4, 0.5) is 5.69 Å². The fourth-order valence-corrected chi connectivity index (χ4v) is 2.59. The van der Waals surface area contributed by atoms with E-state index in [1.165, 1.54) is 5.56 Å². The number of hydrogen-bond acceptors (Lipinski definition) is 3. The summed E-state index contributed by atoms with van der Waals surface area (Å²) in [6.45, 7) is 5.91. The number of nitrogens with zero attached hydrogens (tertiary/aromatic N) is 3. The van der Waals surface area contributed by atoms with Crippen molar-refractivity contribution in [3.05, 3.63) is 70.0 Å². The van der Waals surface area contributed by atoms with Crippen molar-refractivity contribution in [1.29, 1.82) is 0 Å². The molecule has 0 spiro atoms. The van der Waals surface area contributed by atoms with E-state index < -0.39 is 0 Å². The van der Waals surface area contributed by atoms with Crippen molar-refractivity contribution in [2.24, 2.45) is 0 Å². The predicted molar refractivity (Wildman–Crippen MR) is 95.0 cm³/mol. The third-order valence-corrected chi connectivity index (χ3v) is 4.16. The molecule has 1 N–H and O–H groups in total. The fraction of sp³-hybridized carbons (Fsp3) is 0.167. The molecule has 0 aliphatic rings. The zero-order valence-corrected chi connectivity index (χ0v) is 14.4. The summed E-state index contributed by atoms with van der Waals surface area (Å²) in [5, 5.41) is 11.5. The van der Waals surface area contributed by atoms with Gasteiger partial charge in [-0.15, -0.1) is 5.10 Å². The summed E-state index contributed by atoms with van der Waals surface area (Å²) >= 11 is 5.93. The Balaban J connectivity index is 1.89. The molecule has 0 bridgehead atoms. The highest BCUT2D eigenvalue weighted by molar-refractivity contribution is 6.30. The first-order valence-electron chi connectivity index (χ1n) is 7.52. The quantitative estimate of drug-likeness (QED) is 0.781. The van der Waals surface area contributed by atoms with Crippen molar-refractivity contribution in [1.82, 2.24) is 15.0 Å². The lowest BCUT2D eigenvalue weighted by Gasteiger charge is -2.07. The zero-order chi connectivity index (χ0) is 17.3. The number of aryl methyl sites for hydroxylation is 2. The van der Waals surface area contributed by atoms with Gasteiger partial charge in [-0.25, -0.2) is 4.68 Å². The van der Waals surface area contributed by atoms with Gasteiger partial charge in [-0.05, 0) is 62.2 Å². The summed E-state index contributed by atoms with van der Waals surface area (Å²) in [4.78, 5) is 12.4. The highest BCUT2D eigenvalue weighted by Gasteiger charge is 2.17. The first kappa shape index (κ1) is 16.2. The van der Waals surface area contributed by atoms with E-state index in [0.29, 0.717) is 16.4 Å². The molecule has 0 aliphatic heterocycles. The van der Waals surface area contributed by atoms with E-state index >= 15 is 0 Å². The summed E-state index contributed by atoms with van der Waals surface area (Å²) in [5.74, 6) is -0.315. The number of amides is 1. The Kier molecular flexibility index (Phi) is 4.36. The van der Waals surface area contributed by atoms with Crippen LogP contribution in [-0.2, 0) is 0 Å². The Labute approximate surface area is 145 Å². The smallest absolute Gasteiger partial charge is 0.278 e. The van der Waals surface area contributed by atoms with E-state index in [1.54, 1.807) is 28.9 Å². The van der Waals surface area contributed by atoms with E-state index in [-0.39, 0.29) is 11.6 Å². The molecule has 1 aromatic heterocycles. The van der Waals surface area contributed by atoms with Crippen LogP contribution in [0.15, 0.2) is 42.5 Å². The summed E-state index contributed by atoms with van der Waals surface area (Å²) in [6, 6.07) is 13.0. The van der Waals surface area contributed by atoms with Crippen LogP contribution in [-0.4, -0.2) is 20.9 Å². The molecular formula is C18H17ClN4O. The van der Waals surface area contributed by atoms with Gasteiger partial charge in [-0.3, -0.25) is 4.79 Å². The number of carbonyl (C=O) groups is 1. The lowest BCUT2D eigenvalue weighted by Crippen LogP contribution is -2.14. The molecule has 0 atom stereocenters. The zero-order valence-electron chi connectivity index (χ0n) is 13.7. The predicted octanol–water partition coefficient (Wildman–Crippen LogP) is 4.10. The standard InChI is InChI=1S/C18H17ClN4O/c1-11-7-8-16(9-12(11)2)23-13(3)17(21-22-23)18(24)20-15-6-4-5-14(19)10-15/h4-10H,1-3H3,(H,20,24). The molecular weight excluding hydrogens is 324 g/mol. The maximum Gasteiger partial charge on any atom is 0.278 e. The average molecular weight is 341 g/mol. The monoisotopic (exact) mass is 340 g/mol. The third kappa shape index (κ3) is 3.16. The second-order valence-corrected chi connectivity index (χ2v) is 6.10. The van der Waals surface area contributed by atoms with Gasteiger partial charge in [-0.1, -0.05) is 28.9 Å². The van der Waals surface area contributed by atoms with E-state index in [4.69, 9.17) is 11.6 Å². The van der Waals surface area contributed by atoms with Crippen molar-refractivity contribution < 1.29 is 4.79 Å². The third-order valence-electron chi connectivity index (χ3n) is 3.93. The Morgan fingerprint density at radius 2 is 1.88 bits per heavy atom. The van der Waals surface area contributed by atoms with E-state index in [9.17, 15) is 4.79 Å². The maximum atomic E-state index is 12.4. The van der Waals surface area contributed by atoms with Crippen LogP contribution in [0.3, 0.4) is 0 Å². The Bertz CT molecular complexity index is 917. The number of hydrogen-bond donors (Lipinski definition) is 1. The van der Waals surface area contributed by atoms with Gasteiger partial charge in [0, 0.05) is 10.7 Å². The topological polar surface area (TPSA) is 59.8 Å². The molecule has 0 aliphatic carbocycles. The van der Waals surface area contributed by atoms with E-state index in [2.05, 4.69) is 22.6 Å². The van der Waals surface area contributed by atoms with Crippen molar-refractivity contribution in [2.45, 2.75) is 20.8 Å². The SMILES string of the molecule is Cc1ccc(-n2nnc(C(=O)Nc3cccc(Cl)c3)c2C)cc1C. The number of aromatic nitrogens is 3. The van der Waals surface area contributed by atoms with Gasteiger partial charge in [0.25, 0.3) is 5.91 Å². The highest BCUT2D eigenvalue weighted by atomic mass is 35.5. The van der Waals surface area contributed by atoms with E-state index in [0.717, 1.165) is 11.3 Å². The first-order valence-corrected chi connectivity index (χ1v) is 7.90. The molecule has 1 heterocycles. The minimum atomic E-state index is -0.315. The lowest BCUT2D eigenvalue weighted by molar-refractivity contribution is 0.102. The number of benzene rings is 2. The molecule has 3 rings (SSSR count). The van der Waals surface area contributed by atoms with Crippen LogP contribution >= 0.6 is 11.6 Å². The van der Waals surface area contributed by atoms with Crippen LogP contribution in [0, 0.1) is 20.8 Å². The van der Waals surface area contributed by atoms with Crippen LogP contribution < -0.4 is 5.32 Å². The van der Waals surface area contributed by atoms with Crippen molar-refractivity contribution in [3.8, 4) is 5.69 Å². The first-order chi connectivity index (χ1) is 11.5. The second-order valence-electron chi connectivity index (χ2n) is 5.67. The Morgan fingerprint density at radius 1 is 1.08 bits per heavy atom. The largest absolute Gasteiger partial charge is 0.320 e. The summed E-state index contributed by atoms with van der Waals surface area (Å²) < 4.78 is 1.67. The molecule has 122 valence electrons. The van der Waals surface area contributed by atoms with Crippen LogP contribution in [0.5, 0.6) is 0 Å². The number of carbonyl (C=O) groups excluding carboxylic acids is 1. The lowest BCUT2D eigenvalue weighted by atomic mass is 10.1. The number of rotatable bonds is 3. The van der Waals surface area contributed by atoms with E-state index in [1.807, 2.05) is 32.0 Å². The van der Waals surface area contributed by atoms with Gasteiger partial charge in [0.1, 0.15) is 0 Å². The number of anilines is 1. The van der Waals surface area contributed by atoms with Gasteiger partial charge in [0.05, 0.1) is 11.4 Å². The molecule has 0 saturated carbocycles. The van der Waals surface area contributed by atoms with Crippen LogP contribution in [0.25, 0.3) is 5.69 Å². The second kappa shape index (κ2) is 6.45. The molecule has 0 saturated heterocycles. The Hall–Kier alpha value is -2.66. The van der Waals surface area contributed by atoms with Crippen molar-refractivity contribution in [2.75, 3.05) is 5.32 Å². The van der Waals surface area contributed by atoms with Gasteiger partial charge in [-0.2, -0.15) is 0 Å². The summed E-state index contributed by atoms with van der Waals surface area (Å²) in [6.07, 6.45) is 0. The normalized spacial score (nSPS) is 10.7. The molecule has 0 fully saturated rings. The number of halogens is 1. The van der Waals surface area contributed by atoms with Crippen LogP contribution in [0.2, 0.25) is 5.02 Å². The molecule has 6 heteroatoms. The fourth-order valence-electron chi connectivity index (χ4n) is 2.40. The van der Waals surface area contributed by atoms with Crippen molar-refractivity contribution in [3.63, 3.8) is 0 Å². The highest BCUT2D eigenvalue weighted by Crippen LogP contribution is 2.18. The molecule has 2 aromatic carbocycles. The van der Waals surface area contributed by atoms with Gasteiger partial charge in [0.2, 0.25) is 0 Å². The van der Waals surface area contributed by atoms with Gasteiger partial charge in [0.15, 0.2) is 5.69 Å². The molecule has 0 radical (unpaired) electrons. The maximum absolute atomic E-state index is 12.4. The summed E-state index contributed by atoms with van der Waals surface area (Å²) in [7, 11) is 0. The molecule has 24 heavy (non-hydrogen) atoms. The Morgan fingerprint density at radius 3 is 2.58 bits per heavy atom. The number of nitrogens with one attached hydrogen (secondary N) is 1. The summed E-state index contributed by atoms with van der Waals surface area (Å²) in [5.41, 5.74) is 4.83. The molecule has 3 aromatic rings. The van der Waals surface area contributed by atoms with Crippen molar-refractivity contribution >= 4 is 23.2 Å². The molecule has 0 unspecified atom stereocenters. The molecule has 1 amide bonds. The van der Waals surface area contributed by atoms with Crippen LogP contribution in [0.1, 0.15) is 27.3 Å². The average Bonchev–Trinajstić information content (AvgIpc) is 2.92. The minimum absolute atomic E-state index is 0.285. The minimum Gasteiger partial charge on any atom is -0.320 e. The van der Waals surface area contributed by atoms with Gasteiger partial charge < -0.3 is 5.32 Å². The molecule has 5 nitrogen and oxygen atoms in total.